The number of hydrogen-bond acceptors (Lipinski definition) is 2. The predicted octanol–water partition coefficient (Wildman–Crippen LogP) is 5.31. The summed E-state index contributed by atoms with van der Waals surface area (Å²) in [5.41, 5.74) is 2.76. The average Bonchev–Trinajstić information content (AvgIpc) is 3.05. The molecule has 0 aliphatic heterocycles. The lowest BCUT2D eigenvalue weighted by Gasteiger charge is -2.17. The van der Waals surface area contributed by atoms with Gasteiger partial charge in [0.1, 0.15) is 0 Å². The van der Waals surface area contributed by atoms with Gasteiger partial charge in [0, 0.05) is 11.5 Å². The Hall–Kier alpha value is -2.42. The Morgan fingerprint density at radius 2 is 1.44 bits per heavy atom. The maximum Gasteiger partial charge on any atom is 0.307 e. The van der Waals surface area contributed by atoms with E-state index in [1.807, 2.05) is 75.4 Å². The third kappa shape index (κ3) is 4.16. The molecule has 3 atom stereocenters. The number of benzene rings is 2. The zero-order valence-corrected chi connectivity index (χ0v) is 15.1. The van der Waals surface area contributed by atoms with E-state index in [1.165, 1.54) is 0 Å². The molecule has 3 nitrogen and oxygen atoms in total. The number of carbonyl (C=O) groups excluding carboxylic acids is 1. The smallest absolute Gasteiger partial charge is 0.307 e. The Bertz CT molecular complexity index is 704. The molecule has 1 aliphatic carbocycles. The van der Waals surface area contributed by atoms with Crippen molar-refractivity contribution in [1.29, 1.82) is 0 Å². The highest BCUT2D eigenvalue weighted by molar-refractivity contribution is 6.00. The third-order valence-electron chi connectivity index (χ3n) is 4.88. The second kappa shape index (κ2) is 8.61. The fraction of sp³-hybridized carbons (Fsp3) is 0.364. The predicted molar refractivity (Wildman–Crippen MR) is 101 cm³/mol. The van der Waals surface area contributed by atoms with E-state index in [4.69, 9.17) is 0 Å². The monoisotopic (exact) mass is 338 g/mol. The van der Waals surface area contributed by atoms with Crippen molar-refractivity contribution in [3.63, 3.8) is 0 Å². The van der Waals surface area contributed by atoms with Crippen molar-refractivity contribution in [2.24, 2.45) is 17.8 Å². The van der Waals surface area contributed by atoms with Crippen LogP contribution in [0.15, 0.2) is 54.6 Å². The van der Waals surface area contributed by atoms with E-state index in [-0.39, 0.29) is 11.7 Å². The van der Waals surface area contributed by atoms with E-state index in [0.29, 0.717) is 12.0 Å². The van der Waals surface area contributed by atoms with Crippen LogP contribution < -0.4 is 0 Å². The molecule has 25 heavy (non-hydrogen) atoms. The Labute approximate surface area is 149 Å². The van der Waals surface area contributed by atoms with Gasteiger partial charge in [-0.2, -0.15) is 0 Å². The molecule has 0 spiro atoms. The normalized spacial score (nSPS) is 22.0. The number of ketones is 1. The zero-order chi connectivity index (χ0) is 18.4. The molecule has 2 aromatic rings. The fourth-order valence-corrected chi connectivity index (χ4v) is 3.58. The summed E-state index contributed by atoms with van der Waals surface area (Å²) in [6.07, 6.45) is 1.47. The van der Waals surface area contributed by atoms with Gasteiger partial charge in [0.15, 0.2) is 5.78 Å². The number of aliphatic carboxylic acids is 1. The molecule has 0 heterocycles. The van der Waals surface area contributed by atoms with Crippen molar-refractivity contribution in [2.45, 2.75) is 33.6 Å². The minimum absolute atomic E-state index is 0.0404. The minimum atomic E-state index is -0.853. The van der Waals surface area contributed by atoms with E-state index in [9.17, 15) is 14.7 Å². The second-order valence-electron chi connectivity index (χ2n) is 6.33. The standard InChI is InChI=1S/C20H20O3.C2H6/c1-13-7-12-17(18(13)20(22)23)19(21)16-10-8-15(9-11-16)14-5-3-2-4-6-14;1-2/h2-6,8-11,13,17-18H,7,12H2,1H3,(H,22,23);1-2H3/t13?,17-,18?;/m0./s1. The van der Waals surface area contributed by atoms with Crippen molar-refractivity contribution >= 4 is 11.8 Å². The van der Waals surface area contributed by atoms with Crippen LogP contribution in [0.1, 0.15) is 44.0 Å². The first-order chi connectivity index (χ1) is 12.1. The Morgan fingerprint density at radius 1 is 0.880 bits per heavy atom. The number of rotatable bonds is 4. The van der Waals surface area contributed by atoms with E-state index >= 15 is 0 Å². The molecular formula is C22H26O3. The lowest BCUT2D eigenvalue weighted by Crippen LogP contribution is -2.28. The SMILES string of the molecule is CC.CC1CC[C@H](C(=O)c2ccc(-c3ccccc3)cc2)C1C(=O)O. The minimum Gasteiger partial charge on any atom is -0.481 e. The van der Waals surface area contributed by atoms with Crippen molar-refractivity contribution in [3.8, 4) is 11.1 Å². The van der Waals surface area contributed by atoms with Gasteiger partial charge in [-0.15, -0.1) is 0 Å². The van der Waals surface area contributed by atoms with E-state index in [2.05, 4.69) is 0 Å². The molecule has 0 saturated heterocycles. The van der Waals surface area contributed by atoms with Crippen LogP contribution >= 0.6 is 0 Å². The molecule has 0 radical (unpaired) electrons. The molecule has 2 aromatic carbocycles. The summed E-state index contributed by atoms with van der Waals surface area (Å²) >= 11 is 0. The first-order valence-corrected chi connectivity index (χ1v) is 9.00. The summed E-state index contributed by atoms with van der Waals surface area (Å²) in [7, 11) is 0. The van der Waals surface area contributed by atoms with Crippen LogP contribution in [0.25, 0.3) is 11.1 Å². The molecule has 1 aliphatic rings. The summed E-state index contributed by atoms with van der Waals surface area (Å²) in [5.74, 6) is -1.79. The number of carboxylic acid groups (broad SMARTS) is 1. The Kier molecular flexibility index (Phi) is 6.51. The molecule has 3 heteroatoms. The third-order valence-corrected chi connectivity index (χ3v) is 4.88. The molecule has 1 saturated carbocycles. The van der Waals surface area contributed by atoms with Crippen LogP contribution in [0.3, 0.4) is 0 Å². The van der Waals surface area contributed by atoms with Gasteiger partial charge in [-0.1, -0.05) is 75.4 Å². The highest BCUT2D eigenvalue weighted by atomic mass is 16.4. The van der Waals surface area contributed by atoms with E-state index in [0.717, 1.165) is 17.5 Å². The number of hydrogen-bond donors (Lipinski definition) is 1. The molecule has 3 rings (SSSR count). The van der Waals surface area contributed by atoms with Gasteiger partial charge >= 0.3 is 5.97 Å². The highest BCUT2D eigenvalue weighted by Gasteiger charge is 2.42. The molecule has 0 aromatic heterocycles. The van der Waals surface area contributed by atoms with Crippen LogP contribution in [0, 0.1) is 17.8 Å². The molecular weight excluding hydrogens is 312 g/mol. The van der Waals surface area contributed by atoms with Crippen LogP contribution in [0.4, 0.5) is 0 Å². The molecule has 0 bridgehead atoms. The van der Waals surface area contributed by atoms with Gasteiger partial charge in [0.05, 0.1) is 5.92 Å². The summed E-state index contributed by atoms with van der Waals surface area (Å²) in [5, 5.41) is 9.39. The van der Waals surface area contributed by atoms with Gasteiger partial charge in [0.25, 0.3) is 0 Å². The number of Topliss-reactive ketones (excluding diaryl/α,β-unsaturated/α-hetero) is 1. The van der Waals surface area contributed by atoms with Gasteiger partial charge in [0.2, 0.25) is 0 Å². The summed E-state index contributed by atoms with van der Waals surface area (Å²) in [4.78, 5) is 24.1. The van der Waals surface area contributed by atoms with Crippen molar-refractivity contribution < 1.29 is 14.7 Å². The first-order valence-electron chi connectivity index (χ1n) is 9.00. The largest absolute Gasteiger partial charge is 0.481 e. The summed E-state index contributed by atoms with van der Waals surface area (Å²) < 4.78 is 0. The molecule has 2 unspecified atom stereocenters. The highest BCUT2D eigenvalue weighted by Crippen LogP contribution is 2.39. The van der Waals surface area contributed by atoms with Crippen molar-refractivity contribution in [3.05, 3.63) is 60.2 Å². The first kappa shape index (κ1) is 18.9. The lowest BCUT2D eigenvalue weighted by molar-refractivity contribution is -0.143. The second-order valence-corrected chi connectivity index (χ2v) is 6.33. The molecule has 1 fully saturated rings. The Morgan fingerprint density at radius 3 is 2.00 bits per heavy atom. The van der Waals surface area contributed by atoms with Crippen LogP contribution in [-0.4, -0.2) is 16.9 Å². The lowest BCUT2D eigenvalue weighted by atomic mass is 9.85. The van der Waals surface area contributed by atoms with Crippen LogP contribution in [0.2, 0.25) is 0 Å². The topological polar surface area (TPSA) is 54.4 Å². The van der Waals surface area contributed by atoms with E-state index in [1.54, 1.807) is 0 Å². The van der Waals surface area contributed by atoms with Gasteiger partial charge in [-0.25, -0.2) is 0 Å². The van der Waals surface area contributed by atoms with E-state index < -0.39 is 17.8 Å². The molecule has 1 N–H and O–H groups in total. The van der Waals surface area contributed by atoms with Crippen LogP contribution in [-0.2, 0) is 4.79 Å². The summed E-state index contributed by atoms with van der Waals surface area (Å²) in [6, 6.07) is 17.4. The maximum absolute atomic E-state index is 12.7. The van der Waals surface area contributed by atoms with Crippen molar-refractivity contribution in [1.82, 2.24) is 0 Å². The molecule has 132 valence electrons. The quantitative estimate of drug-likeness (QED) is 0.769. The maximum atomic E-state index is 12.7. The zero-order valence-electron chi connectivity index (χ0n) is 15.1. The van der Waals surface area contributed by atoms with Crippen molar-refractivity contribution in [2.75, 3.05) is 0 Å². The fourth-order valence-electron chi connectivity index (χ4n) is 3.58. The van der Waals surface area contributed by atoms with Gasteiger partial charge in [-0.05, 0) is 29.9 Å². The number of carbonyl (C=O) groups is 2. The summed E-state index contributed by atoms with van der Waals surface area (Å²) in [6.45, 7) is 5.92. The molecule has 0 amide bonds. The van der Waals surface area contributed by atoms with Gasteiger partial charge in [-0.3, -0.25) is 9.59 Å². The van der Waals surface area contributed by atoms with Crippen LogP contribution in [0.5, 0.6) is 0 Å². The number of carboxylic acids is 1. The average molecular weight is 338 g/mol. The van der Waals surface area contributed by atoms with Gasteiger partial charge < -0.3 is 5.11 Å². The Balaban J connectivity index is 0.00000109.